The first-order chi connectivity index (χ1) is 11.8. The molecule has 4 rings (SSSR count). The largest absolute Gasteiger partial charge is 0.367 e. The van der Waals surface area contributed by atoms with Crippen LogP contribution in [0.25, 0.3) is 22.4 Å². The minimum Gasteiger partial charge on any atom is -0.367 e. The molecule has 24 heavy (non-hydrogen) atoms. The summed E-state index contributed by atoms with van der Waals surface area (Å²) in [5.74, 6) is 1.50. The van der Waals surface area contributed by atoms with E-state index in [9.17, 15) is 0 Å². The summed E-state index contributed by atoms with van der Waals surface area (Å²) in [5.41, 5.74) is 1.61. The predicted molar refractivity (Wildman–Crippen MR) is 98.3 cm³/mol. The smallest absolute Gasteiger partial charge is 0.180 e. The lowest BCUT2D eigenvalue weighted by Crippen LogP contribution is -2.23. The molecule has 0 atom stereocenters. The molecule has 1 saturated carbocycles. The summed E-state index contributed by atoms with van der Waals surface area (Å²) in [6.07, 6.45) is 6.29. The first kappa shape index (κ1) is 15.3. The van der Waals surface area contributed by atoms with Crippen LogP contribution in [0.5, 0.6) is 0 Å². The van der Waals surface area contributed by atoms with Crippen molar-refractivity contribution < 1.29 is 0 Å². The molecule has 0 bridgehead atoms. The van der Waals surface area contributed by atoms with Crippen LogP contribution in [0, 0.1) is 0 Å². The lowest BCUT2D eigenvalue weighted by molar-refractivity contribution is 0.462. The topological polar surface area (TPSA) is 50.7 Å². The van der Waals surface area contributed by atoms with Crippen LogP contribution < -0.4 is 5.32 Å². The van der Waals surface area contributed by atoms with E-state index in [1.165, 1.54) is 32.1 Å². The van der Waals surface area contributed by atoms with Crippen molar-refractivity contribution in [1.29, 1.82) is 0 Å². The Balaban J connectivity index is 1.78. The van der Waals surface area contributed by atoms with E-state index in [0.717, 1.165) is 16.7 Å². The fourth-order valence-electron chi connectivity index (χ4n) is 3.27. The zero-order valence-corrected chi connectivity index (χ0v) is 14.1. The molecule has 5 heteroatoms. The van der Waals surface area contributed by atoms with Gasteiger partial charge in [0.2, 0.25) is 0 Å². The van der Waals surface area contributed by atoms with Crippen LogP contribution in [-0.4, -0.2) is 21.0 Å². The number of nitrogens with zero attached hydrogens (tertiary/aromatic N) is 3. The minimum absolute atomic E-state index is 0.450. The summed E-state index contributed by atoms with van der Waals surface area (Å²) in [4.78, 5) is 13.8. The average Bonchev–Trinajstić information content (AvgIpc) is 2.62. The Morgan fingerprint density at radius 3 is 2.54 bits per heavy atom. The maximum atomic E-state index is 6.03. The van der Waals surface area contributed by atoms with Gasteiger partial charge in [-0.25, -0.2) is 15.0 Å². The number of hydrogen-bond donors (Lipinski definition) is 1. The normalized spacial score (nSPS) is 15.5. The molecule has 0 saturated heterocycles. The Labute approximate surface area is 146 Å². The van der Waals surface area contributed by atoms with Gasteiger partial charge in [0.1, 0.15) is 16.7 Å². The van der Waals surface area contributed by atoms with Gasteiger partial charge in [-0.3, -0.25) is 0 Å². The molecule has 1 aliphatic rings. The molecule has 0 radical (unpaired) electrons. The predicted octanol–water partition coefficient (Wildman–Crippen LogP) is 5.09. The molecule has 122 valence electrons. The summed E-state index contributed by atoms with van der Waals surface area (Å²) >= 11 is 6.03. The highest BCUT2D eigenvalue weighted by atomic mass is 35.5. The van der Waals surface area contributed by atoms with Gasteiger partial charge in [-0.2, -0.15) is 0 Å². The van der Waals surface area contributed by atoms with Crippen LogP contribution in [-0.2, 0) is 0 Å². The Morgan fingerprint density at radius 1 is 0.875 bits per heavy atom. The molecule has 1 fully saturated rings. The van der Waals surface area contributed by atoms with Crippen molar-refractivity contribution in [3.8, 4) is 11.5 Å². The Hall–Kier alpha value is -2.20. The number of rotatable bonds is 3. The Bertz CT molecular complexity index is 859. The van der Waals surface area contributed by atoms with E-state index in [1.54, 1.807) is 6.07 Å². The molecule has 2 aromatic heterocycles. The van der Waals surface area contributed by atoms with E-state index in [2.05, 4.69) is 21.4 Å². The third-order valence-corrected chi connectivity index (χ3v) is 4.70. The molecule has 0 unspecified atom stereocenters. The van der Waals surface area contributed by atoms with Gasteiger partial charge >= 0.3 is 0 Å². The van der Waals surface area contributed by atoms with E-state index < -0.39 is 0 Å². The average molecular weight is 339 g/mol. The van der Waals surface area contributed by atoms with Crippen molar-refractivity contribution in [2.45, 2.75) is 38.1 Å². The molecule has 2 heterocycles. The van der Waals surface area contributed by atoms with Crippen molar-refractivity contribution in [1.82, 2.24) is 15.0 Å². The molecule has 1 aliphatic carbocycles. The summed E-state index contributed by atoms with van der Waals surface area (Å²) in [6, 6.07) is 14.1. The summed E-state index contributed by atoms with van der Waals surface area (Å²) in [6.45, 7) is 0. The molecular formula is C19H19ClN4. The van der Waals surface area contributed by atoms with Crippen molar-refractivity contribution in [2.24, 2.45) is 0 Å². The summed E-state index contributed by atoms with van der Waals surface area (Å²) in [7, 11) is 0. The highest BCUT2D eigenvalue weighted by molar-refractivity contribution is 6.29. The second kappa shape index (κ2) is 6.73. The number of fused-ring (bicyclic) bond motifs is 1. The zero-order chi connectivity index (χ0) is 16.4. The quantitative estimate of drug-likeness (QED) is 0.676. The van der Waals surface area contributed by atoms with Gasteiger partial charge in [0.15, 0.2) is 5.82 Å². The number of aromatic nitrogens is 3. The molecule has 0 amide bonds. The molecule has 1 aromatic carbocycles. The summed E-state index contributed by atoms with van der Waals surface area (Å²) < 4.78 is 0. The zero-order valence-electron chi connectivity index (χ0n) is 13.4. The van der Waals surface area contributed by atoms with Gasteiger partial charge in [-0.05, 0) is 37.1 Å². The molecular weight excluding hydrogens is 320 g/mol. The minimum atomic E-state index is 0.450. The van der Waals surface area contributed by atoms with Crippen LogP contribution in [0.15, 0.2) is 42.5 Å². The first-order valence-electron chi connectivity index (χ1n) is 8.46. The van der Waals surface area contributed by atoms with Gasteiger partial charge in [0.05, 0.1) is 5.52 Å². The molecule has 3 aromatic rings. The number of halogens is 1. The van der Waals surface area contributed by atoms with Crippen molar-refractivity contribution in [3.63, 3.8) is 0 Å². The third kappa shape index (κ3) is 3.20. The number of para-hydroxylation sites is 1. The van der Waals surface area contributed by atoms with Crippen molar-refractivity contribution in [2.75, 3.05) is 5.32 Å². The van der Waals surface area contributed by atoms with E-state index in [4.69, 9.17) is 16.6 Å². The molecule has 1 N–H and O–H groups in total. The van der Waals surface area contributed by atoms with Gasteiger partial charge in [-0.1, -0.05) is 49.1 Å². The second-order valence-electron chi connectivity index (χ2n) is 6.24. The lowest BCUT2D eigenvalue weighted by Gasteiger charge is -2.24. The molecule has 0 spiro atoms. The lowest BCUT2D eigenvalue weighted by atomic mass is 9.95. The van der Waals surface area contributed by atoms with Crippen LogP contribution in [0.4, 0.5) is 5.82 Å². The standard InChI is InChI=1S/C19H19ClN4/c20-17-12-6-11-16(22-17)19-23-15-10-5-4-9-14(15)18(24-19)21-13-7-2-1-3-8-13/h4-6,9-13H,1-3,7-8H2,(H,21,23,24). The van der Waals surface area contributed by atoms with Crippen LogP contribution >= 0.6 is 11.6 Å². The summed E-state index contributed by atoms with van der Waals surface area (Å²) in [5, 5.41) is 5.14. The highest BCUT2D eigenvalue weighted by Gasteiger charge is 2.16. The number of benzene rings is 1. The fraction of sp³-hybridized carbons (Fsp3) is 0.316. The third-order valence-electron chi connectivity index (χ3n) is 4.49. The highest BCUT2D eigenvalue weighted by Crippen LogP contribution is 2.27. The Morgan fingerprint density at radius 2 is 1.71 bits per heavy atom. The van der Waals surface area contributed by atoms with Crippen LogP contribution in [0.3, 0.4) is 0 Å². The number of pyridine rings is 1. The van der Waals surface area contributed by atoms with Crippen LogP contribution in [0.1, 0.15) is 32.1 Å². The second-order valence-corrected chi connectivity index (χ2v) is 6.63. The fourth-order valence-corrected chi connectivity index (χ4v) is 3.44. The van der Waals surface area contributed by atoms with Crippen LogP contribution in [0.2, 0.25) is 5.15 Å². The van der Waals surface area contributed by atoms with E-state index in [-0.39, 0.29) is 0 Å². The van der Waals surface area contributed by atoms with E-state index in [0.29, 0.717) is 22.7 Å². The van der Waals surface area contributed by atoms with Gasteiger partial charge < -0.3 is 5.32 Å². The molecule has 0 aliphatic heterocycles. The van der Waals surface area contributed by atoms with Gasteiger partial charge in [0, 0.05) is 11.4 Å². The maximum absolute atomic E-state index is 6.03. The number of nitrogens with one attached hydrogen (secondary N) is 1. The van der Waals surface area contributed by atoms with E-state index >= 15 is 0 Å². The SMILES string of the molecule is Clc1cccc(-c2nc(NC3CCCCC3)c3ccccc3n2)n1. The first-order valence-corrected chi connectivity index (χ1v) is 8.84. The number of hydrogen-bond acceptors (Lipinski definition) is 4. The Kier molecular flexibility index (Phi) is 4.30. The van der Waals surface area contributed by atoms with Crippen molar-refractivity contribution >= 4 is 28.3 Å². The maximum Gasteiger partial charge on any atom is 0.180 e. The monoisotopic (exact) mass is 338 g/mol. The van der Waals surface area contributed by atoms with Gasteiger partial charge in [0.25, 0.3) is 0 Å². The van der Waals surface area contributed by atoms with Gasteiger partial charge in [-0.15, -0.1) is 0 Å². The van der Waals surface area contributed by atoms with Crippen molar-refractivity contribution in [3.05, 3.63) is 47.6 Å². The van der Waals surface area contributed by atoms with E-state index in [1.807, 2.05) is 30.3 Å². The number of anilines is 1. The molecule has 4 nitrogen and oxygen atoms in total.